The van der Waals surface area contributed by atoms with Crippen LogP contribution < -0.4 is 15.1 Å². The highest BCUT2D eigenvalue weighted by Crippen LogP contribution is 2.48. The molecule has 6 nitrogen and oxygen atoms in total. The van der Waals surface area contributed by atoms with E-state index in [2.05, 4.69) is 10.5 Å². The van der Waals surface area contributed by atoms with Crippen molar-refractivity contribution >= 4 is 41.0 Å². The highest BCUT2D eigenvalue weighted by molar-refractivity contribution is 7.99. The maximum Gasteiger partial charge on any atom is 0.252 e. The number of rotatable bonds is 6. The minimum absolute atomic E-state index is 0.00932. The van der Waals surface area contributed by atoms with Gasteiger partial charge in [-0.3, -0.25) is 14.5 Å². The zero-order valence-electron chi connectivity index (χ0n) is 17.2. The summed E-state index contributed by atoms with van der Waals surface area (Å²) in [6.45, 7) is 1.53. The topological polar surface area (TPSA) is 71.0 Å². The Morgan fingerprint density at radius 1 is 1.03 bits per heavy atom. The van der Waals surface area contributed by atoms with E-state index in [1.54, 1.807) is 42.1 Å². The number of benzene rings is 3. The molecule has 3 aromatic rings. The Morgan fingerprint density at radius 3 is 2.52 bits per heavy atom. The third-order valence-electron chi connectivity index (χ3n) is 4.83. The zero-order chi connectivity index (χ0) is 21.8. The molecule has 0 bridgehead atoms. The van der Waals surface area contributed by atoms with Crippen LogP contribution in [-0.4, -0.2) is 31.6 Å². The predicted octanol–water partition coefficient (Wildman–Crippen LogP) is 4.65. The second kappa shape index (κ2) is 9.06. The van der Waals surface area contributed by atoms with E-state index >= 15 is 0 Å². The van der Waals surface area contributed by atoms with Crippen LogP contribution in [0, 0.1) is 0 Å². The number of nitrogens with zero attached hydrogens (tertiary/aromatic N) is 2. The summed E-state index contributed by atoms with van der Waals surface area (Å²) in [5, 5.41) is 4.17. The summed E-state index contributed by atoms with van der Waals surface area (Å²) in [5.74, 6) is 0.563. The first-order valence-corrected chi connectivity index (χ1v) is 10.5. The molecule has 0 aliphatic carbocycles. The molecule has 0 unspecified atom stereocenters. The smallest absolute Gasteiger partial charge is 0.252 e. The number of carbonyl (C=O) groups is 2. The lowest BCUT2D eigenvalue weighted by atomic mass is 10.1. The fourth-order valence-corrected chi connectivity index (χ4v) is 4.28. The lowest BCUT2D eigenvalue weighted by Crippen LogP contribution is -2.35. The lowest BCUT2D eigenvalue weighted by Gasteiger charge is -2.31. The first-order chi connectivity index (χ1) is 15.1. The Balaban J connectivity index is 1.54. The quantitative estimate of drug-likeness (QED) is 0.349. The highest BCUT2D eigenvalue weighted by atomic mass is 32.2. The molecule has 0 spiro atoms. The number of anilines is 2. The van der Waals surface area contributed by atoms with Gasteiger partial charge in [-0.25, -0.2) is 0 Å². The molecule has 1 heterocycles. The van der Waals surface area contributed by atoms with Gasteiger partial charge in [0, 0.05) is 15.4 Å². The minimum atomic E-state index is -0.165. The molecule has 3 aromatic carbocycles. The van der Waals surface area contributed by atoms with Gasteiger partial charge in [0.25, 0.3) is 5.91 Å². The van der Waals surface area contributed by atoms with Gasteiger partial charge in [0.05, 0.1) is 24.7 Å². The molecule has 1 N–H and O–H groups in total. The van der Waals surface area contributed by atoms with Crippen LogP contribution in [0.15, 0.2) is 81.6 Å². The number of Topliss-reactive ketones (excluding diaryl/α,β-unsaturated/α-hetero) is 1. The molecule has 0 saturated heterocycles. The highest BCUT2D eigenvalue weighted by Gasteiger charge is 2.28. The number of ether oxygens (including phenoxy) is 1. The van der Waals surface area contributed by atoms with E-state index in [1.165, 1.54) is 6.92 Å². The van der Waals surface area contributed by atoms with Crippen LogP contribution in [0.5, 0.6) is 5.75 Å². The van der Waals surface area contributed by atoms with Gasteiger partial charge < -0.3 is 10.2 Å². The molecule has 4 rings (SSSR count). The van der Waals surface area contributed by atoms with Crippen LogP contribution in [0.25, 0.3) is 0 Å². The average molecular weight is 432 g/mol. The molecule has 156 valence electrons. The first kappa shape index (κ1) is 20.7. The number of ketones is 1. The van der Waals surface area contributed by atoms with Crippen LogP contribution >= 0.6 is 11.8 Å². The lowest BCUT2D eigenvalue weighted by molar-refractivity contribution is -0.117. The molecule has 1 amide bonds. The van der Waals surface area contributed by atoms with Gasteiger partial charge in [-0.1, -0.05) is 30.0 Å². The summed E-state index contributed by atoms with van der Waals surface area (Å²) in [5.41, 5.74) is 5.80. The SMILES string of the molecule is COc1ccc(/C=N/NCC(=O)N2c3ccccc3Sc3ccc(C(C)=O)cc32)cc1. The number of para-hydroxylation sites is 1. The molecule has 31 heavy (non-hydrogen) atoms. The molecular weight excluding hydrogens is 410 g/mol. The van der Waals surface area contributed by atoms with Gasteiger partial charge >= 0.3 is 0 Å². The molecule has 0 aromatic heterocycles. The number of hydrogen-bond donors (Lipinski definition) is 1. The second-order valence-corrected chi connectivity index (χ2v) is 7.99. The Hall–Kier alpha value is -3.58. The van der Waals surface area contributed by atoms with Crippen LogP contribution in [0.2, 0.25) is 0 Å². The summed E-state index contributed by atoms with van der Waals surface area (Å²) in [7, 11) is 1.62. The van der Waals surface area contributed by atoms with Crippen LogP contribution in [0.3, 0.4) is 0 Å². The van der Waals surface area contributed by atoms with E-state index in [4.69, 9.17) is 4.74 Å². The molecule has 1 aliphatic heterocycles. The molecule has 7 heteroatoms. The van der Waals surface area contributed by atoms with E-state index in [-0.39, 0.29) is 18.2 Å². The number of carbonyl (C=O) groups excluding carboxylic acids is 2. The fourth-order valence-electron chi connectivity index (χ4n) is 3.25. The van der Waals surface area contributed by atoms with Crippen LogP contribution in [0.1, 0.15) is 22.8 Å². The first-order valence-electron chi connectivity index (χ1n) is 9.71. The molecule has 0 radical (unpaired) electrons. The summed E-state index contributed by atoms with van der Waals surface area (Å²) >= 11 is 1.59. The van der Waals surface area contributed by atoms with Crippen molar-refractivity contribution in [1.82, 2.24) is 5.43 Å². The number of hydrazone groups is 1. The van der Waals surface area contributed by atoms with E-state index in [1.807, 2.05) is 54.6 Å². The van der Waals surface area contributed by atoms with Crippen molar-refractivity contribution in [2.45, 2.75) is 16.7 Å². The number of hydrogen-bond acceptors (Lipinski definition) is 6. The molecular formula is C24H21N3O3S. The van der Waals surface area contributed by atoms with Gasteiger partial charge in [0.15, 0.2) is 5.78 Å². The Kier molecular flexibility index (Phi) is 6.04. The normalized spacial score (nSPS) is 12.3. The van der Waals surface area contributed by atoms with Crippen molar-refractivity contribution in [2.24, 2.45) is 5.10 Å². The van der Waals surface area contributed by atoms with Crippen molar-refractivity contribution in [2.75, 3.05) is 18.6 Å². The van der Waals surface area contributed by atoms with E-state index < -0.39 is 0 Å². The molecule has 0 saturated carbocycles. The van der Waals surface area contributed by atoms with E-state index in [0.29, 0.717) is 11.3 Å². The maximum absolute atomic E-state index is 13.2. The summed E-state index contributed by atoms with van der Waals surface area (Å²) in [6, 6.07) is 20.6. The van der Waals surface area contributed by atoms with Crippen LogP contribution in [-0.2, 0) is 4.79 Å². The number of nitrogens with one attached hydrogen (secondary N) is 1. The van der Waals surface area contributed by atoms with Crippen LogP contribution in [0.4, 0.5) is 11.4 Å². The predicted molar refractivity (Wildman–Crippen MR) is 123 cm³/mol. The van der Waals surface area contributed by atoms with E-state index in [0.717, 1.165) is 26.8 Å². The summed E-state index contributed by atoms with van der Waals surface area (Å²) < 4.78 is 5.14. The second-order valence-electron chi connectivity index (χ2n) is 6.90. The largest absolute Gasteiger partial charge is 0.497 e. The number of fused-ring (bicyclic) bond motifs is 2. The Bertz CT molecular complexity index is 1160. The zero-order valence-corrected chi connectivity index (χ0v) is 18.0. The Labute approximate surface area is 184 Å². The molecule has 0 atom stereocenters. The molecule has 0 fully saturated rings. The van der Waals surface area contributed by atoms with Gasteiger partial charge in [-0.15, -0.1) is 0 Å². The van der Waals surface area contributed by atoms with Crippen molar-refractivity contribution in [3.63, 3.8) is 0 Å². The van der Waals surface area contributed by atoms with Crippen molar-refractivity contribution in [3.8, 4) is 5.75 Å². The van der Waals surface area contributed by atoms with Gasteiger partial charge in [0.2, 0.25) is 0 Å². The van der Waals surface area contributed by atoms with Gasteiger partial charge in [-0.05, 0) is 61.0 Å². The summed E-state index contributed by atoms with van der Waals surface area (Å²) in [4.78, 5) is 28.6. The van der Waals surface area contributed by atoms with Crippen molar-refractivity contribution < 1.29 is 14.3 Å². The van der Waals surface area contributed by atoms with Crippen molar-refractivity contribution in [1.29, 1.82) is 0 Å². The molecule has 1 aliphatic rings. The van der Waals surface area contributed by atoms with Crippen molar-refractivity contribution in [3.05, 3.63) is 77.9 Å². The third-order valence-corrected chi connectivity index (χ3v) is 5.96. The van der Waals surface area contributed by atoms with E-state index in [9.17, 15) is 9.59 Å². The third kappa shape index (κ3) is 4.46. The minimum Gasteiger partial charge on any atom is -0.497 e. The summed E-state index contributed by atoms with van der Waals surface area (Å²) in [6.07, 6.45) is 1.65. The Morgan fingerprint density at radius 2 is 1.77 bits per heavy atom. The maximum atomic E-state index is 13.2. The number of methoxy groups -OCH3 is 1. The standard InChI is InChI=1S/C24H21N3O3S/c1-16(28)18-9-12-23-21(13-18)27(20-5-3-4-6-22(20)31-23)24(29)15-26-25-14-17-7-10-19(30-2)11-8-17/h3-14,26H,15H2,1-2H3/b25-14+. The van der Waals surface area contributed by atoms with Gasteiger partial charge in [-0.2, -0.15) is 5.10 Å². The average Bonchev–Trinajstić information content (AvgIpc) is 2.80. The number of amides is 1. The monoisotopic (exact) mass is 431 g/mol. The fraction of sp³-hybridized carbons (Fsp3) is 0.125. The van der Waals surface area contributed by atoms with Gasteiger partial charge in [0.1, 0.15) is 12.3 Å².